The van der Waals surface area contributed by atoms with E-state index in [1.807, 2.05) is 11.8 Å². The lowest BCUT2D eigenvalue weighted by Gasteiger charge is -2.36. The highest BCUT2D eigenvalue weighted by Crippen LogP contribution is 2.32. The van der Waals surface area contributed by atoms with Crippen molar-refractivity contribution in [1.29, 1.82) is 0 Å². The molecule has 0 atom stereocenters. The molecule has 1 aliphatic rings. The van der Waals surface area contributed by atoms with E-state index in [9.17, 15) is 0 Å². The van der Waals surface area contributed by atoms with Crippen LogP contribution >= 0.6 is 11.8 Å². The summed E-state index contributed by atoms with van der Waals surface area (Å²) in [6.07, 6.45) is 6.48. The minimum absolute atomic E-state index is 0.227. The number of hydrogen-bond acceptors (Lipinski definition) is 5. The lowest BCUT2D eigenvalue weighted by Crippen LogP contribution is -2.47. The second-order valence-corrected chi connectivity index (χ2v) is 7.78. The molecule has 1 saturated heterocycles. The molecule has 0 spiro atoms. The number of hydrogen-bond donors (Lipinski definition) is 2. The first-order valence-electron chi connectivity index (χ1n) is 9.19. The van der Waals surface area contributed by atoms with E-state index < -0.39 is 0 Å². The Morgan fingerprint density at radius 3 is 2.64 bits per heavy atom. The molecule has 1 aliphatic heterocycles. The summed E-state index contributed by atoms with van der Waals surface area (Å²) in [7, 11) is 1.79. The van der Waals surface area contributed by atoms with Crippen molar-refractivity contribution >= 4 is 17.7 Å². The van der Waals surface area contributed by atoms with E-state index in [0.29, 0.717) is 12.5 Å². The van der Waals surface area contributed by atoms with Gasteiger partial charge in [0, 0.05) is 43.5 Å². The molecule has 0 amide bonds. The SMILES string of the molecule is CCC(CC)c1cc(CNC(=NC)NCC2(SC)CCOCC2)on1. The quantitative estimate of drug-likeness (QED) is 0.542. The van der Waals surface area contributed by atoms with Gasteiger partial charge in [0.25, 0.3) is 0 Å². The minimum Gasteiger partial charge on any atom is -0.381 e. The largest absolute Gasteiger partial charge is 0.381 e. The van der Waals surface area contributed by atoms with Gasteiger partial charge in [0.2, 0.25) is 0 Å². The fourth-order valence-electron chi connectivity index (χ4n) is 3.14. The first-order chi connectivity index (χ1) is 12.2. The van der Waals surface area contributed by atoms with E-state index in [0.717, 1.165) is 62.9 Å². The van der Waals surface area contributed by atoms with Crippen LogP contribution in [0.5, 0.6) is 0 Å². The van der Waals surface area contributed by atoms with Gasteiger partial charge in [0.1, 0.15) is 0 Å². The van der Waals surface area contributed by atoms with Gasteiger partial charge in [-0.3, -0.25) is 4.99 Å². The van der Waals surface area contributed by atoms with Crippen LogP contribution in [0.3, 0.4) is 0 Å². The van der Waals surface area contributed by atoms with Crippen LogP contribution in [0, 0.1) is 0 Å². The number of aliphatic imine (C=N–C) groups is 1. The van der Waals surface area contributed by atoms with Crippen molar-refractivity contribution in [1.82, 2.24) is 15.8 Å². The molecule has 6 nitrogen and oxygen atoms in total. The van der Waals surface area contributed by atoms with Crippen LogP contribution in [-0.2, 0) is 11.3 Å². The van der Waals surface area contributed by atoms with E-state index in [2.05, 4.69) is 47.0 Å². The molecule has 0 aliphatic carbocycles. The van der Waals surface area contributed by atoms with E-state index >= 15 is 0 Å². The zero-order valence-corrected chi connectivity index (χ0v) is 16.7. The van der Waals surface area contributed by atoms with Gasteiger partial charge in [0.05, 0.1) is 12.2 Å². The Labute approximate surface area is 155 Å². The van der Waals surface area contributed by atoms with Crippen LogP contribution in [-0.4, -0.2) is 48.9 Å². The summed E-state index contributed by atoms with van der Waals surface area (Å²) in [4.78, 5) is 4.32. The number of nitrogens with one attached hydrogen (secondary N) is 2. The van der Waals surface area contributed by atoms with Crippen LogP contribution in [0.4, 0.5) is 0 Å². The van der Waals surface area contributed by atoms with Crippen LogP contribution in [0.1, 0.15) is 56.9 Å². The minimum atomic E-state index is 0.227. The van der Waals surface area contributed by atoms with E-state index in [1.165, 1.54) is 0 Å². The smallest absolute Gasteiger partial charge is 0.191 e. The fraction of sp³-hybridized carbons (Fsp3) is 0.778. The molecular weight excluding hydrogens is 336 g/mol. The molecule has 0 saturated carbocycles. The summed E-state index contributed by atoms with van der Waals surface area (Å²) >= 11 is 1.92. The molecule has 1 aromatic rings. The van der Waals surface area contributed by atoms with Crippen molar-refractivity contribution in [3.05, 3.63) is 17.5 Å². The molecule has 1 aromatic heterocycles. The van der Waals surface area contributed by atoms with Gasteiger partial charge >= 0.3 is 0 Å². The maximum Gasteiger partial charge on any atom is 0.191 e. The Balaban J connectivity index is 1.84. The number of aromatic nitrogens is 1. The van der Waals surface area contributed by atoms with Gasteiger partial charge in [-0.15, -0.1) is 0 Å². The average Bonchev–Trinajstić information content (AvgIpc) is 3.12. The third-order valence-electron chi connectivity index (χ3n) is 5.05. The van der Waals surface area contributed by atoms with Crippen LogP contribution in [0.15, 0.2) is 15.6 Å². The maximum atomic E-state index is 5.50. The van der Waals surface area contributed by atoms with Crippen LogP contribution in [0.2, 0.25) is 0 Å². The Morgan fingerprint density at radius 2 is 2.04 bits per heavy atom. The summed E-state index contributed by atoms with van der Waals surface area (Å²) in [6.45, 7) is 7.51. The molecule has 1 fully saturated rings. The van der Waals surface area contributed by atoms with Gasteiger partial charge in [-0.1, -0.05) is 19.0 Å². The second-order valence-electron chi connectivity index (χ2n) is 6.51. The predicted octanol–water partition coefficient (Wildman–Crippen LogP) is 3.16. The molecule has 0 aromatic carbocycles. The molecule has 0 radical (unpaired) electrons. The summed E-state index contributed by atoms with van der Waals surface area (Å²) in [5.74, 6) is 2.11. The number of ether oxygens (including phenoxy) is 1. The molecule has 2 heterocycles. The Bertz CT molecular complexity index is 537. The Morgan fingerprint density at radius 1 is 1.32 bits per heavy atom. The summed E-state index contributed by atoms with van der Waals surface area (Å²) in [5.41, 5.74) is 1.05. The average molecular weight is 369 g/mol. The standard InChI is InChI=1S/C18H32N4O2S/c1-5-14(6-2)16-11-15(24-22-16)12-20-17(19-3)21-13-18(25-4)7-9-23-10-8-18/h11,14H,5-10,12-13H2,1-4H3,(H2,19,20,21). The molecule has 142 valence electrons. The van der Waals surface area contributed by atoms with Crippen molar-refractivity contribution in [3.8, 4) is 0 Å². The molecule has 0 unspecified atom stereocenters. The van der Waals surface area contributed by atoms with E-state index in [1.54, 1.807) is 7.05 Å². The molecular formula is C18H32N4O2S. The van der Waals surface area contributed by atoms with Crippen molar-refractivity contribution in [2.75, 3.05) is 33.1 Å². The molecule has 2 rings (SSSR count). The molecule has 2 N–H and O–H groups in total. The first-order valence-corrected chi connectivity index (χ1v) is 10.4. The van der Waals surface area contributed by atoms with Gasteiger partial charge in [-0.25, -0.2) is 0 Å². The van der Waals surface area contributed by atoms with Crippen LogP contribution < -0.4 is 10.6 Å². The van der Waals surface area contributed by atoms with Crippen molar-refractivity contribution in [3.63, 3.8) is 0 Å². The normalized spacial score (nSPS) is 17.7. The van der Waals surface area contributed by atoms with Gasteiger partial charge in [-0.05, 0) is 31.9 Å². The van der Waals surface area contributed by atoms with E-state index in [4.69, 9.17) is 9.26 Å². The molecule has 25 heavy (non-hydrogen) atoms. The number of rotatable bonds is 8. The summed E-state index contributed by atoms with van der Waals surface area (Å²) in [5, 5.41) is 11.0. The topological polar surface area (TPSA) is 71.7 Å². The maximum absolute atomic E-state index is 5.50. The third kappa shape index (κ3) is 5.64. The summed E-state index contributed by atoms with van der Waals surface area (Å²) < 4.78 is 11.2. The van der Waals surface area contributed by atoms with Gasteiger partial charge < -0.3 is 19.9 Å². The Kier molecular flexibility index (Phi) is 8.09. The second kappa shape index (κ2) is 10.1. The predicted molar refractivity (Wildman–Crippen MR) is 104 cm³/mol. The van der Waals surface area contributed by atoms with Crippen molar-refractivity contribution in [2.45, 2.75) is 56.7 Å². The number of nitrogens with zero attached hydrogens (tertiary/aromatic N) is 2. The number of thioether (sulfide) groups is 1. The zero-order chi connectivity index (χ0) is 18.1. The first kappa shape index (κ1) is 20.1. The molecule has 0 bridgehead atoms. The monoisotopic (exact) mass is 368 g/mol. The highest BCUT2D eigenvalue weighted by Gasteiger charge is 2.31. The number of guanidine groups is 1. The van der Waals surface area contributed by atoms with Crippen molar-refractivity contribution < 1.29 is 9.26 Å². The highest BCUT2D eigenvalue weighted by atomic mass is 32.2. The highest BCUT2D eigenvalue weighted by molar-refractivity contribution is 8.00. The molecule has 7 heteroatoms. The lowest BCUT2D eigenvalue weighted by molar-refractivity contribution is 0.0783. The van der Waals surface area contributed by atoms with Crippen molar-refractivity contribution in [2.24, 2.45) is 4.99 Å². The Hall–Kier alpha value is -1.21. The van der Waals surface area contributed by atoms with Crippen LogP contribution in [0.25, 0.3) is 0 Å². The van der Waals surface area contributed by atoms with Gasteiger partial charge in [0.15, 0.2) is 11.7 Å². The zero-order valence-electron chi connectivity index (χ0n) is 15.9. The van der Waals surface area contributed by atoms with Gasteiger partial charge in [-0.2, -0.15) is 11.8 Å². The summed E-state index contributed by atoms with van der Waals surface area (Å²) in [6, 6.07) is 2.06. The fourth-order valence-corrected chi connectivity index (χ4v) is 3.94. The lowest BCUT2D eigenvalue weighted by atomic mass is 9.99. The third-order valence-corrected chi connectivity index (χ3v) is 6.47. The van der Waals surface area contributed by atoms with E-state index in [-0.39, 0.29) is 4.75 Å².